The van der Waals surface area contributed by atoms with Gasteiger partial charge < -0.3 is 15.0 Å². The standard InChI is InChI=1S/C23H29ClN2O3/c1-5-16(2)25-23(28)17(3)26(15-19-7-6-8-20(24)13-19)22(27)14-18-9-11-21(29-4)12-10-18/h6-13,16-17H,5,14-15H2,1-4H3,(H,25,28)/t16-,17+/m1/s1. The number of amides is 2. The fourth-order valence-corrected chi connectivity index (χ4v) is 3.11. The van der Waals surface area contributed by atoms with Crippen LogP contribution in [0, 0.1) is 0 Å². The summed E-state index contributed by atoms with van der Waals surface area (Å²) in [6.45, 7) is 6.03. The van der Waals surface area contributed by atoms with Gasteiger partial charge in [0.05, 0.1) is 13.5 Å². The van der Waals surface area contributed by atoms with Crippen LogP contribution in [0.3, 0.4) is 0 Å². The number of hydrogen-bond donors (Lipinski definition) is 1. The van der Waals surface area contributed by atoms with Gasteiger partial charge in [0.15, 0.2) is 0 Å². The molecule has 0 aliphatic heterocycles. The molecule has 2 aromatic rings. The molecule has 6 heteroatoms. The smallest absolute Gasteiger partial charge is 0.242 e. The van der Waals surface area contributed by atoms with Crippen LogP contribution in [0.1, 0.15) is 38.3 Å². The Kier molecular flexibility index (Phi) is 8.52. The van der Waals surface area contributed by atoms with Crippen molar-refractivity contribution in [3.05, 3.63) is 64.7 Å². The van der Waals surface area contributed by atoms with E-state index in [1.54, 1.807) is 25.0 Å². The lowest BCUT2D eigenvalue weighted by Crippen LogP contribution is -2.49. The van der Waals surface area contributed by atoms with Crippen LogP contribution >= 0.6 is 11.6 Å². The van der Waals surface area contributed by atoms with Crippen molar-refractivity contribution < 1.29 is 14.3 Å². The third-order valence-electron chi connectivity index (χ3n) is 4.92. The molecule has 0 saturated heterocycles. The lowest BCUT2D eigenvalue weighted by Gasteiger charge is -2.30. The van der Waals surface area contributed by atoms with Gasteiger partial charge in [0.2, 0.25) is 11.8 Å². The summed E-state index contributed by atoms with van der Waals surface area (Å²) in [6.07, 6.45) is 1.03. The molecule has 0 bridgehead atoms. The van der Waals surface area contributed by atoms with Gasteiger partial charge in [0.1, 0.15) is 11.8 Å². The zero-order valence-electron chi connectivity index (χ0n) is 17.4. The number of carbonyl (C=O) groups excluding carboxylic acids is 2. The van der Waals surface area contributed by atoms with Gasteiger partial charge in [-0.3, -0.25) is 9.59 Å². The minimum absolute atomic E-state index is 0.0506. The van der Waals surface area contributed by atoms with Crippen molar-refractivity contribution in [2.45, 2.75) is 52.2 Å². The SMILES string of the molecule is CC[C@@H](C)NC(=O)[C@H](C)N(Cc1cccc(Cl)c1)C(=O)Cc1ccc(OC)cc1. The molecule has 1 N–H and O–H groups in total. The summed E-state index contributed by atoms with van der Waals surface area (Å²) in [5.74, 6) is 0.449. The third-order valence-corrected chi connectivity index (χ3v) is 5.16. The number of rotatable bonds is 9. The Hall–Kier alpha value is -2.53. The van der Waals surface area contributed by atoms with E-state index in [0.29, 0.717) is 11.6 Å². The first-order valence-electron chi connectivity index (χ1n) is 9.81. The van der Waals surface area contributed by atoms with E-state index in [4.69, 9.17) is 16.3 Å². The molecule has 29 heavy (non-hydrogen) atoms. The number of nitrogens with one attached hydrogen (secondary N) is 1. The van der Waals surface area contributed by atoms with Crippen molar-refractivity contribution in [1.82, 2.24) is 10.2 Å². The van der Waals surface area contributed by atoms with Crippen molar-refractivity contribution in [3.8, 4) is 5.75 Å². The molecule has 0 aromatic heterocycles. The van der Waals surface area contributed by atoms with Crippen molar-refractivity contribution >= 4 is 23.4 Å². The van der Waals surface area contributed by atoms with Gasteiger partial charge in [-0.15, -0.1) is 0 Å². The second kappa shape index (κ2) is 10.9. The van der Waals surface area contributed by atoms with Crippen LogP contribution in [-0.2, 0) is 22.6 Å². The number of carbonyl (C=O) groups is 2. The van der Waals surface area contributed by atoms with E-state index in [9.17, 15) is 9.59 Å². The summed E-state index contributed by atoms with van der Waals surface area (Å²) < 4.78 is 5.17. The number of benzene rings is 2. The van der Waals surface area contributed by atoms with Crippen LogP contribution in [0.2, 0.25) is 5.02 Å². The second-order valence-corrected chi connectivity index (χ2v) is 7.61. The first kappa shape index (κ1) is 22.8. The minimum Gasteiger partial charge on any atom is -0.497 e. The largest absolute Gasteiger partial charge is 0.497 e. The number of methoxy groups -OCH3 is 1. The summed E-state index contributed by atoms with van der Waals surface area (Å²) in [5, 5.41) is 3.56. The Bertz CT molecular complexity index is 823. The topological polar surface area (TPSA) is 58.6 Å². The van der Waals surface area contributed by atoms with E-state index in [1.807, 2.05) is 56.3 Å². The van der Waals surface area contributed by atoms with Crippen molar-refractivity contribution in [3.63, 3.8) is 0 Å². The molecular formula is C23H29ClN2O3. The Morgan fingerprint density at radius 3 is 2.38 bits per heavy atom. The van der Waals surface area contributed by atoms with Gasteiger partial charge in [0, 0.05) is 17.6 Å². The lowest BCUT2D eigenvalue weighted by molar-refractivity contribution is -0.140. The molecule has 0 spiro atoms. The summed E-state index contributed by atoms with van der Waals surface area (Å²) in [5.41, 5.74) is 1.74. The fraction of sp³-hybridized carbons (Fsp3) is 0.391. The molecule has 0 radical (unpaired) electrons. The normalized spacial score (nSPS) is 12.7. The van der Waals surface area contributed by atoms with Crippen molar-refractivity contribution in [2.75, 3.05) is 7.11 Å². The highest BCUT2D eigenvalue weighted by molar-refractivity contribution is 6.30. The average Bonchev–Trinajstić information content (AvgIpc) is 2.71. The van der Waals surface area contributed by atoms with Crippen molar-refractivity contribution in [1.29, 1.82) is 0 Å². The first-order valence-corrected chi connectivity index (χ1v) is 10.2. The van der Waals surface area contributed by atoms with E-state index in [1.165, 1.54) is 0 Å². The number of ether oxygens (including phenoxy) is 1. The van der Waals surface area contributed by atoms with Gasteiger partial charge >= 0.3 is 0 Å². The summed E-state index contributed by atoms with van der Waals surface area (Å²) >= 11 is 6.10. The maximum absolute atomic E-state index is 13.1. The van der Waals surface area contributed by atoms with Gasteiger partial charge in [-0.25, -0.2) is 0 Å². The molecule has 0 saturated carbocycles. The summed E-state index contributed by atoms with van der Waals surface area (Å²) in [7, 11) is 1.60. The van der Waals surface area contributed by atoms with Gasteiger partial charge in [0.25, 0.3) is 0 Å². The highest BCUT2D eigenvalue weighted by Crippen LogP contribution is 2.17. The van der Waals surface area contributed by atoms with Crippen LogP contribution in [0.25, 0.3) is 0 Å². The zero-order chi connectivity index (χ0) is 21.4. The highest BCUT2D eigenvalue weighted by Gasteiger charge is 2.26. The lowest BCUT2D eigenvalue weighted by atomic mass is 10.1. The molecule has 0 unspecified atom stereocenters. The van der Waals surface area contributed by atoms with Crippen LogP contribution in [0.4, 0.5) is 0 Å². The molecule has 156 valence electrons. The predicted molar refractivity (Wildman–Crippen MR) is 116 cm³/mol. The molecule has 2 amide bonds. The fourth-order valence-electron chi connectivity index (χ4n) is 2.90. The van der Waals surface area contributed by atoms with Crippen LogP contribution < -0.4 is 10.1 Å². The molecule has 2 rings (SSSR count). The predicted octanol–water partition coefficient (Wildman–Crippen LogP) is 4.22. The number of nitrogens with zero attached hydrogens (tertiary/aromatic N) is 1. The molecule has 5 nitrogen and oxygen atoms in total. The molecular weight excluding hydrogens is 388 g/mol. The quantitative estimate of drug-likeness (QED) is 0.665. The van der Waals surface area contributed by atoms with E-state index in [-0.39, 0.29) is 24.3 Å². The Balaban J connectivity index is 2.21. The van der Waals surface area contributed by atoms with E-state index >= 15 is 0 Å². The molecule has 0 heterocycles. The second-order valence-electron chi connectivity index (χ2n) is 7.17. The molecule has 0 aliphatic rings. The van der Waals surface area contributed by atoms with E-state index < -0.39 is 6.04 Å². The average molecular weight is 417 g/mol. The number of halogens is 1. The third kappa shape index (κ3) is 6.79. The zero-order valence-corrected chi connectivity index (χ0v) is 18.2. The monoisotopic (exact) mass is 416 g/mol. The maximum atomic E-state index is 13.1. The molecule has 2 aromatic carbocycles. The molecule has 0 aliphatic carbocycles. The molecule has 2 atom stereocenters. The summed E-state index contributed by atoms with van der Waals surface area (Å²) in [4.78, 5) is 27.4. The molecule has 0 fully saturated rings. The van der Waals surface area contributed by atoms with E-state index in [2.05, 4.69) is 5.32 Å². The van der Waals surface area contributed by atoms with Crippen LogP contribution in [0.5, 0.6) is 5.75 Å². The number of hydrogen-bond acceptors (Lipinski definition) is 3. The van der Waals surface area contributed by atoms with Gasteiger partial charge in [-0.2, -0.15) is 0 Å². The van der Waals surface area contributed by atoms with Crippen LogP contribution in [0.15, 0.2) is 48.5 Å². The maximum Gasteiger partial charge on any atom is 0.242 e. The Labute approximate surface area is 178 Å². The highest BCUT2D eigenvalue weighted by atomic mass is 35.5. The Morgan fingerprint density at radius 1 is 1.10 bits per heavy atom. The van der Waals surface area contributed by atoms with Gasteiger partial charge in [-0.1, -0.05) is 42.8 Å². The Morgan fingerprint density at radius 2 is 1.79 bits per heavy atom. The first-order chi connectivity index (χ1) is 13.8. The van der Waals surface area contributed by atoms with Crippen molar-refractivity contribution in [2.24, 2.45) is 0 Å². The van der Waals surface area contributed by atoms with E-state index in [0.717, 1.165) is 23.3 Å². The minimum atomic E-state index is -0.603. The van der Waals surface area contributed by atoms with Crippen LogP contribution in [-0.4, -0.2) is 35.9 Å². The summed E-state index contributed by atoms with van der Waals surface area (Å²) in [6, 6.07) is 14.2. The van der Waals surface area contributed by atoms with Gasteiger partial charge in [-0.05, 0) is 55.7 Å².